The summed E-state index contributed by atoms with van der Waals surface area (Å²) in [5, 5.41) is 8.76. The number of hydrogen-bond donors (Lipinski definition) is 1. The van der Waals surface area contributed by atoms with Crippen molar-refractivity contribution in [3.05, 3.63) is 35.1 Å². The lowest BCUT2D eigenvalue weighted by atomic mass is 10.1. The largest absolute Gasteiger partial charge is 0.479 e. The molecule has 19 heavy (non-hydrogen) atoms. The molecule has 0 spiro atoms. The zero-order chi connectivity index (χ0) is 14.2. The van der Waals surface area contributed by atoms with Crippen molar-refractivity contribution in [1.29, 1.82) is 0 Å². The van der Waals surface area contributed by atoms with E-state index in [-0.39, 0.29) is 18.5 Å². The minimum absolute atomic E-state index is 0.0111. The summed E-state index contributed by atoms with van der Waals surface area (Å²) in [4.78, 5) is 23.9. The fourth-order valence-electron chi connectivity index (χ4n) is 2.16. The fourth-order valence-corrected chi connectivity index (χ4v) is 2.16. The van der Waals surface area contributed by atoms with Crippen LogP contribution in [0.3, 0.4) is 0 Å². The number of carbonyl (C=O) groups is 2. The summed E-state index contributed by atoms with van der Waals surface area (Å²) in [6.45, 7) is 1.15. The van der Waals surface area contributed by atoms with Crippen molar-refractivity contribution in [2.75, 3.05) is 13.1 Å². The minimum Gasteiger partial charge on any atom is -0.479 e. The molecule has 1 atom stereocenters. The number of halogens is 2. The average molecular weight is 269 g/mol. The van der Waals surface area contributed by atoms with Gasteiger partial charge in [0, 0.05) is 18.5 Å². The number of aryl methyl sites for hydroxylation is 1. The second kappa shape index (κ2) is 4.60. The Labute approximate surface area is 108 Å². The fraction of sp³-hybridized carbons (Fsp3) is 0.385. The van der Waals surface area contributed by atoms with E-state index in [1.807, 2.05) is 0 Å². The Balaban J connectivity index is 2.20. The molecule has 0 aromatic heterocycles. The maximum absolute atomic E-state index is 13.9. The van der Waals surface area contributed by atoms with Crippen LogP contribution in [0, 0.1) is 12.7 Å². The number of likely N-dealkylation sites (tertiary alicyclic amines) is 1. The maximum atomic E-state index is 13.9. The standard InChI is InChI=1S/C13H13F2NO3/c1-8-4-9(6-10(14)5-8)11(17)16-3-2-13(15,7-16)12(18)19/h4-6H,2-3,7H2,1H3,(H,18,19). The molecule has 1 aromatic rings. The van der Waals surface area contributed by atoms with E-state index in [9.17, 15) is 18.4 Å². The summed E-state index contributed by atoms with van der Waals surface area (Å²) >= 11 is 0. The Morgan fingerprint density at radius 1 is 1.37 bits per heavy atom. The van der Waals surface area contributed by atoms with Crippen LogP contribution < -0.4 is 0 Å². The number of rotatable bonds is 2. The van der Waals surface area contributed by atoms with Crippen molar-refractivity contribution in [3.8, 4) is 0 Å². The molecule has 1 N–H and O–H groups in total. The number of nitrogens with zero attached hydrogens (tertiary/aromatic N) is 1. The third-order valence-corrected chi connectivity index (χ3v) is 3.18. The van der Waals surface area contributed by atoms with E-state index < -0.39 is 29.9 Å². The van der Waals surface area contributed by atoms with E-state index in [1.54, 1.807) is 6.92 Å². The lowest BCUT2D eigenvalue weighted by Crippen LogP contribution is -2.38. The highest BCUT2D eigenvalue weighted by atomic mass is 19.1. The predicted molar refractivity (Wildman–Crippen MR) is 63.1 cm³/mol. The highest BCUT2D eigenvalue weighted by Gasteiger charge is 2.47. The summed E-state index contributed by atoms with van der Waals surface area (Å²) in [6, 6.07) is 3.83. The molecule has 1 fully saturated rings. The Morgan fingerprint density at radius 3 is 2.58 bits per heavy atom. The molecule has 2 rings (SSSR count). The minimum atomic E-state index is -2.40. The Bertz CT molecular complexity index is 526. The van der Waals surface area contributed by atoms with Gasteiger partial charge in [-0.3, -0.25) is 4.79 Å². The van der Waals surface area contributed by atoms with Gasteiger partial charge in [0.2, 0.25) is 5.67 Å². The highest BCUT2D eigenvalue weighted by molar-refractivity contribution is 5.95. The van der Waals surface area contributed by atoms with Gasteiger partial charge >= 0.3 is 5.97 Å². The van der Waals surface area contributed by atoms with Gasteiger partial charge in [-0.05, 0) is 30.7 Å². The second-order valence-electron chi connectivity index (χ2n) is 4.76. The second-order valence-corrected chi connectivity index (χ2v) is 4.76. The van der Waals surface area contributed by atoms with Gasteiger partial charge in [-0.1, -0.05) is 0 Å². The van der Waals surface area contributed by atoms with Crippen molar-refractivity contribution in [3.63, 3.8) is 0 Å². The van der Waals surface area contributed by atoms with E-state index in [2.05, 4.69) is 0 Å². The normalized spacial score (nSPS) is 22.6. The van der Waals surface area contributed by atoms with Crippen LogP contribution in [0.1, 0.15) is 22.3 Å². The molecule has 1 heterocycles. The zero-order valence-corrected chi connectivity index (χ0v) is 10.3. The molecule has 0 saturated carbocycles. The van der Waals surface area contributed by atoms with Gasteiger partial charge < -0.3 is 10.0 Å². The third-order valence-electron chi connectivity index (χ3n) is 3.18. The van der Waals surface area contributed by atoms with Gasteiger partial charge in [0.05, 0.1) is 6.54 Å². The van der Waals surface area contributed by atoms with Gasteiger partial charge in [0.15, 0.2) is 0 Å². The molecule has 6 heteroatoms. The summed E-state index contributed by atoms with van der Waals surface area (Å²) in [7, 11) is 0. The molecule has 1 aromatic carbocycles. The molecule has 1 amide bonds. The number of carboxylic acid groups (broad SMARTS) is 1. The van der Waals surface area contributed by atoms with Crippen LogP contribution in [0.15, 0.2) is 18.2 Å². The van der Waals surface area contributed by atoms with E-state index >= 15 is 0 Å². The first kappa shape index (κ1) is 13.5. The monoisotopic (exact) mass is 269 g/mol. The van der Waals surface area contributed by atoms with E-state index in [4.69, 9.17) is 5.11 Å². The molecule has 102 valence electrons. The van der Waals surface area contributed by atoms with Crippen LogP contribution >= 0.6 is 0 Å². The van der Waals surface area contributed by atoms with Crippen LogP contribution in [-0.2, 0) is 4.79 Å². The van der Waals surface area contributed by atoms with Crippen molar-refractivity contribution < 1.29 is 23.5 Å². The Kier molecular flexibility index (Phi) is 3.26. The molecule has 1 aliphatic heterocycles. The Hall–Kier alpha value is -1.98. The molecule has 1 saturated heterocycles. The van der Waals surface area contributed by atoms with Crippen molar-refractivity contribution in [2.24, 2.45) is 0 Å². The van der Waals surface area contributed by atoms with E-state index in [1.165, 1.54) is 12.1 Å². The van der Waals surface area contributed by atoms with Gasteiger partial charge in [0.1, 0.15) is 5.82 Å². The molecule has 0 bridgehead atoms. The number of carbonyl (C=O) groups excluding carboxylic acids is 1. The lowest BCUT2D eigenvalue weighted by molar-refractivity contribution is -0.149. The zero-order valence-electron chi connectivity index (χ0n) is 10.3. The number of amides is 1. The molecule has 4 nitrogen and oxygen atoms in total. The first-order valence-electron chi connectivity index (χ1n) is 5.81. The predicted octanol–water partition coefficient (Wildman–Crippen LogP) is 1.77. The van der Waals surface area contributed by atoms with E-state index in [0.717, 1.165) is 11.0 Å². The average Bonchev–Trinajstić information content (AvgIpc) is 2.71. The summed E-state index contributed by atoms with van der Waals surface area (Å²) < 4.78 is 27.1. The van der Waals surface area contributed by atoms with Gasteiger partial charge in [-0.25, -0.2) is 13.6 Å². The quantitative estimate of drug-likeness (QED) is 0.890. The molecule has 0 aliphatic carbocycles. The van der Waals surface area contributed by atoms with Crippen LogP contribution in [0.4, 0.5) is 8.78 Å². The van der Waals surface area contributed by atoms with Gasteiger partial charge in [-0.2, -0.15) is 0 Å². The molecule has 0 radical (unpaired) electrons. The van der Waals surface area contributed by atoms with Crippen molar-refractivity contribution >= 4 is 11.9 Å². The van der Waals surface area contributed by atoms with E-state index in [0.29, 0.717) is 5.56 Å². The third kappa shape index (κ3) is 2.57. The summed E-state index contributed by atoms with van der Waals surface area (Å²) in [5.41, 5.74) is -1.72. The van der Waals surface area contributed by atoms with Gasteiger partial charge in [0.25, 0.3) is 5.91 Å². The lowest BCUT2D eigenvalue weighted by Gasteiger charge is -2.18. The first-order chi connectivity index (χ1) is 8.82. The smallest absolute Gasteiger partial charge is 0.343 e. The SMILES string of the molecule is Cc1cc(F)cc(C(=O)N2CCC(F)(C(=O)O)C2)c1. The molecular formula is C13H13F2NO3. The number of alkyl halides is 1. The summed E-state index contributed by atoms with van der Waals surface area (Å²) in [6.07, 6.45) is -0.248. The van der Waals surface area contributed by atoms with Crippen molar-refractivity contribution in [2.45, 2.75) is 19.0 Å². The molecule has 1 aliphatic rings. The van der Waals surface area contributed by atoms with Crippen LogP contribution in [0.25, 0.3) is 0 Å². The first-order valence-corrected chi connectivity index (χ1v) is 5.81. The number of benzene rings is 1. The topological polar surface area (TPSA) is 57.6 Å². The Morgan fingerprint density at radius 2 is 2.05 bits per heavy atom. The van der Waals surface area contributed by atoms with Crippen LogP contribution in [-0.4, -0.2) is 40.6 Å². The summed E-state index contributed by atoms with van der Waals surface area (Å²) in [5.74, 6) is -2.67. The maximum Gasteiger partial charge on any atom is 0.343 e. The highest BCUT2D eigenvalue weighted by Crippen LogP contribution is 2.27. The number of aliphatic carboxylic acids is 1. The molecular weight excluding hydrogens is 256 g/mol. The number of hydrogen-bond acceptors (Lipinski definition) is 2. The molecule has 1 unspecified atom stereocenters. The van der Waals surface area contributed by atoms with Gasteiger partial charge in [-0.15, -0.1) is 0 Å². The van der Waals surface area contributed by atoms with Crippen LogP contribution in [0.2, 0.25) is 0 Å². The number of carboxylic acids is 1. The van der Waals surface area contributed by atoms with Crippen molar-refractivity contribution in [1.82, 2.24) is 4.90 Å². The van der Waals surface area contributed by atoms with Crippen LogP contribution in [0.5, 0.6) is 0 Å².